The third-order valence-electron chi connectivity index (χ3n) is 3.35. The van der Waals surface area contributed by atoms with E-state index in [0.717, 1.165) is 0 Å². The van der Waals surface area contributed by atoms with Gasteiger partial charge in [0.05, 0.1) is 5.39 Å². The molecule has 0 bridgehead atoms. The van der Waals surface area contributed by atoms with Gasteiger partial charge in [0.25, 0.3) is 0 Å². The van der Waals surface area contributed by atoms with Gasteiger partial charge < -0.3 is 13.9 Å². The molecule has 0 aliphatic carbocycles. The molecule has 1 aromatic heterocycles. The summed E-state index contributed by atoms with van der Waals surface area (Å²) in [6.45, 7) is 5.44. The summed E-state index contributed by atoms with van der Waals surface area (Å²) in [4.78, 5) is 12.7. The van der Waals surface area contributed by atoms with Crippen molar-refractivity contribution in [1.29, 1.82) is 0 Å². The summed E-state index contributed by atoms with van der Waals surface area (Å²) >= 11 is 5.68. The molecule has 0 atom stereocenters. The highest BCUT2D eigenvalue weighted by Crippen LogP contribution is 2.27. The van der Waals surface area contributed by atoms with E-state index in [1.54, 1.807) is 37.3 Å². The van der Waals surface area contributed by atoms with Crippen LogP contribution in [-0.4, -0.2) is 6.61 Å². The molecule has 5 heteroatoms. The third-order valence-corrected chi connectivity index (χ3v) is 3.45. The molecule has 0 fully saturated rings. The van der Waals surface area contributed by atoms with Crippen LogP contribution in [0, 0.1) is 6.92 Å². The SMILES string of the molecule is C=C(Cl)COc1ccc2c(=O)c(Oc3ccccc3)c(C)oc2c1. The van der Waals surface area contributed by atoms with E-state index >= 15 is 0 Å². The van der Waals surface area contributed by atoms with Crippen molar-refractivity contribution in [2.45, 2.75) is 6.92 Å². The minimum absolute atomic E-state index is 0.177. The Labute approximate surface area is 143 Å². The van der Waals surface area contributed by atoms with Crippen LogP contribution in [0.4, 0.5) is 0 Å². The van der Waals surface area contributed by atoms with Crippen LogP contribution in [0.3, 0.4) is 0 Å². The Bertz CT molecular complexity index is 945. The van der Waals surface area contributed by atoms with E-state index in [-0.39, 0.29) is 17.8 Å². The van der Waals surface area contributed by atoms with Gasteiger partial charge in [-0.1, -0.05) is 36.4 Å². The quantitative estimate of drug-likeness (QED) is 0.652. The molecule has 0 aliphatic heterocycles. The first-order chi connectivity index (χ1) is 11.5. The minimum Gasteiger partial charge on any atom is -0.488 e. The number of halogens is 1. The van der Waals surface area contributed by atoms with Gasteiger partial charge in [-0.2, -0.15) is 0 Å². The average molecular weight is 343 g/mol. The van der Waals surface area contributed by atoms with Crippen LogP contribution in [0.5, 0.6) is 17.2 Å². The molecule has 0 amide bonds. The van der Waals surface area contributed by atoms with Crippen LogP contribution in [0.1, 0.15) is 5.76 Å². The summed E-state index contributed by atoms with van der Waals surface area (Å²) in [6.07, 6.45) is 0. The Morgan fingerprint density at radius 1 is 1.17 bits per heavy atom. The lowest BCUT2D eigenvalue weighted by Gasteiger charge is -2.10. The number of hydrogen-bond acceptors (Lipinski definition) is 4. The lowest BCUT2D eigenvalue weighted by molar-refractivity contribution is 0.359. The number of aryl methyl sites for hydroxylation is 1. The Morgan fingerprint density at radius 2 is 1.92 bits per heavy atom. The molecule has 0 N–H and O–H groups in total. The Balaban J connectivity index is 2.00. The van der Waals surface area contributed by atoms with Crippen molar-refractivity contribution in [2.75, 3.05) is 6.61 Å². The normalized spacial score (nSPS) is 10.6. The number of hydrogen-bond donors (Lipinski definition) is 0. The van der Waals surface area contributed by atoms with E-state index in [1.165, 1.54) is 0 Å². The second-order valence-electron chi connectivity index (χ2n) is 5.20. The van der Waals surface area contributed by atoms with Crippen LogP contribution in [0.15, 0.2) is 69.4 Å². The van der Waals surface area contributed by atoms with Crippen molar-refractivity contribution in [3.05, 3.63) is 76.1 Å². The fourth-order valence-corrected chi connectivity index (χ4v) is 2.30. The maximum Gasteiger partial charge on any atom is 0.235 e. The summed E-state index contributed by atoms with van der Waals surface area (Å²) < 4.78 is 16.9. The molecule has 24 heavy (non-hydrogen) atoms. The largest absolute Gasteiger partial charge is 0.488 e. The van der Waals surface area contributed by atoms with Gasteiger partial charge >= 0.3 is 0 Å². The molecule has 3 aromatic rings. The maximum atomic E-state index is 12.7. The van der Waals surface area contributed by atoms with E-state index < -0.39 is 0 Å². The summed E-state index contributed by atoms with van der Waals surface area (Å²) in [7, 11) is 0. The second-order valence-corrected chi connectivity index (χ2v) is 5.73. The van der Waals surface area contributed by atoms with Gasteiger partial charge in [-0.15, -0.1) is 0 Å². The highest BCUT2D eigenvalue weighted by Gasteiger charge is 2.14. The van der Waals surface area contributed by atoms with Gasteiger partial charge in [0.1, 0.15) is 29.4 Å². The first-order valence-electron chi connectivity index (χ1n) is 7.31. The van der Waals surface area contributed by atoms with Gasteiger partial charge in [0.2, 0.25) is 11.2 Å². The van der Waals surface area contributed by atoms with E-state index in [1.807, 2.05) is 18.2 Å². The molecule has 0 aliphatic rings. The lowest BCUT2D eigenvalue weighted by Crippen LogP contribution is -2.07. The van der Waals surface area contributed by atoms with E-state index in [9.17, 15) is 4.79 Å². The molecule has 1 heterocycles. The van der Waals surface area contributed by atoms with Crippen molar-refractivity contribution in [3.8, 4) is 17.2 Å². The third kappa shape index (κ3) is 3.44. The summed E-state index contributed by atoms with van der Waals surface area (Å²) in [5.41, 5.74) is 0.196. The second kappa shape index (κ2) is 6.81. The highest BCUT2D eigenvalue weighted by atomic mass is 35.5. The van der Waals surface area contributed by atoms with E-state index in [2.05, 4.69) is 6.58 Å². The van der Waals surface area contributed by atoms with Crippen molar-refractivity contribution in [1.82, 2.24) is 0 Å². The Kier molecular flexibility index (Phi) is 4.58. The average Bonchev–Trinajstić information content (AvgIpc) is 2.57. The Hall–Kier alpha value is -2.72. The number of rotatable bonds is 5. The van der Waals surface area contributed by atoms with Crippen molar-refractivity contribution in [2.24, 2.45) is 0 Å². The topological polar surface area (TPSA) is 48.7 Å². The van der Waals surface area contributed by atoms with Crippen LogP contribution in [-0.2, 0) is 0 Å². The number of fused-ring (bicyclic) bond motifs is 1. The summed E-state index contributed by atoms with van der Waals surface area (Å²) in [5.74, 6) is 1.70. The highest BCUT2D eigenvalue weighted by molar-refractivity contribution is 6.29. The Morgan fingerprint density at radius 3 is 2.62 bits per heavy atom. The molecule has 4 nitrogen and oxygen atoms in total. The number of para-hydroxylation sites is 1. The zero-order valence-corrected chi connectivity index (χ0v) is 13.8. The molecule has 2 aromatic carbocycles. The molecular weight excluding hydrogens is 328 g/mol. The van der Waals surface area contributed by atoms with Crippen LogP contribution in [0.2, 0.25) is 0 Å². The van der Waals surface area contributed by atoms with Crippen molar-refractivity contribution >= 4 is 22.6 Å². The van der Waals surface area contributed by atoms with Gasteiger partial charge in [0, 0.05) is 11.1 Å². The fraction of sp³-hybridized carbons (Fsp3) is 0.105. The standard InChI is InChI=1S/C19H15ClO4/c1-12(20)11-22-15-8-9-16-17(10-15)23-13(2)19(18(16)21)24-14-6-4-3-5-7-14/h3-10H,1,11H2,2H3. The molecule has 0 spiro atoms. The molecular formula is C19H15ClO4. The van der Waals surface area contributed by atoms with Crippen LogP contribution in [0.25, 0.3) is 11.0 Å². The minimum atomic E-state index is -0.231. The number of benzene rings is 2. The van der Waals surface area contributed by atoms with Crippen LogP contribution < -0.4 is 14.9 Å². The van der Waals surface area contributed by atoms with Gasteiger partial charge in [0.15, 0.2) is 0 Å². The molecule has 0 saturated heterocycles. The van der Waals surface area contributed by atoms with Crippen LogP contribution >= 0.6 is 11.6 Å². The van der Waals surface area contributed by atoms with Crippen molar-refractivity contribution < 1.29 is 13.9 Å². The zero-order valence-electron chi connectivity index (χ0n) is 13.0. The fourth-order valence-electron chi connectivity index (χ4n) is 2.24. The predicted octanol–water partition coefficient (Wildman–Crippen LogP) is 5.03. The lowest BCUT2D eigenvalue weighted by atomic mass is 10.2. The van der Waals surface area contributed by atoms with E-state index in [0.29, 0.717) is 33.3 Å². The zero-order chi connectivity index (χ0) is 17.1. The smallest absolute Gasteiger partial charge is 0.235 e. The molecule has 0 saturated carbocycles. The first kappa shape index (κ1) is 16.1. The summed E-state index contributed by atoms with van der Waals surface area (Å²) in [5, 5.41) is 0.808. The van der Waals surface area contributed by atoms with Gasteiger partial charge in [-0.25, -0.2) is 0 Å². The molecule has 122 valence electrons. The molecule has 0 unspecified atom stereocenters. The molecule has 3 rings (SSSR count). The monoisotopic (exact) mass is 342 g/mol. The summed E-state index contributed by atoms with van der Waals surface area (Å²) in [6, 6.07) is 14.1. The predicted molar refractivity (Wildman–Crippen MR) is 94.2 cm³/mol. The van der Waals surface area contributed by atoms with Gasteiger partial charge in [-0.05, 0) is 31.2 Å². The molecule has 0 radical (unpaired) electrons. The first-order valence-corrected chi connectivity index (χ1v) is 7.69. The van der Waals surface area contributed by atoms with Crippen molar-refractivity contribution in [3.63, 3.8) is 0 Å². The maximum absolute atomic E-state index is 12.7. The number of ether oxygens (including phenoxy) is 2. The van der Waals surface area contributed by atoms with Gasteiger partial charge in [-0.3, -0.25) is 4.79 Å². The van der Waals surface area contributed by atoms with E-state index in [4.69, 9.17) is 25.5 Å².